The second-order valence-corrected chi connectivity index (χ2v) is 11.8. The number of piperidine rings is 1. The van der Waals surface area contributed by atoms with Crippen LogP contribution in [0.2, 0.25) is 5.02 Å². The van der Waals surface area contributed by atoms with Gasteiger partial charge in [0.05, 0.1) is 37.8 Å². The minimum Gasteiger partial charge on any atom is -0.495 e. The van der Waals surface area contributed by atoms with Crippen molar-refractivity contribution in [3.63, 3.8) is 0 Å². The minimum absolute atomic E-state index is 0.0145. The summed E-state index contributed by atoms with van der Waals surface area (Å²) in [5, 5.41) is 7.49. The van der Waals surface area contributed by atoms with Crippen LogP contribution in [-0.4, -0.2) is 80.2 Å². The zero-order valence-corrected chi connectivity index (χ0v) is 23.1. The number of hydrogen-bond acceptors (Lipinski definition) is 9. The number of carbonyl (C=O) groups is 1. The first-order chi connectivity index (χ1) is 18.8. The summed E-state index contributed by atoms with van der Waals surface area (Å²) in [6, 6.07) is 11.9. The molecule has 2 saturated heterocycles. The molecule has 2 aliphatic rings. The number of likely N-dealkylation sites (tertiary alicyclic amines) is 1. The van der Waals surface area contributed by atoms with E-state index in [1.807, 2.05) is 18.2 Å². The Labute approximate surface area is 232 Å². The van der Waals surface area contributed by atoms with E-state index in [1.54, 1.807) is 18.2 Å². The van der Waals surface area contributed by atoms with E-state index in [0.717, 1.165) is 13.0 Å². The maximum absolute atomic E-state index is 13.3. The number of ether oxygens (including phenoxy) is 2. The molecule has 2 aromatic carbocycles. The number of amides is 1. The van der Waals surface area contributed by atoms with Gasteiger partial charge in [0.1, 0.15) is 10.6 Å². The lowest BCUT2D eigenvalue weighted by molar-refractivity contribution is -0.121. The zero-order valence-electron chi connectivity index (χ0n) is 21.5. The van der Waals surface area contributed by atoms with Crippen molar-refractivity contribution in [1.82, 2.24) is 19.3 Å². The molecule has 0 aliphatic carbocycles. The first-order valence-electron chi connectivity index (χ1n) is 12.7. The average molecular weight is 576 g/mol. The van der Waals surface area contributed by atoms with Crippen LogP contribution in [0, 0.1) is 5.92 Å². The van der Waals surface area contributed by atoms with Gasteiger partial charge in [0, 0.05) is 30.9 Å². The van der Waals surface area contributed by atoms with Crippen molar-refractivity contribution >= 4 is 33.2 Å². The van der Waals surface area contributed by atoms with Gasteiger partial charge in [-0.3, -0.25) is 9.69 Å². The second-order valence-electron chi connectivity index (χ2n) is 9.44. The van der Waals surface area contributed by atoms with E-state index in [4.69, 9.17) is 25.6 Å². The number of aromatic nitrogens is 2. The number of sulfonamides is 1. The largest absolute Gasteiger partial charge is 0.495 e. The Bertz CT molecular complexity index is 1430. The Kier molecular flexibility index (Phi) is 8.48. The molecule has 5 rings (SSSR count). The van der Waals surface area contributed by atoms with E-state index in [0.29, 0.717) is 60.7 Å². The number of methoxy groups -OCH3 is 1. The summed E-state index contributed by atoms with van der Waals surface area (Å²) in [7, 11) is -2.39. The molecule has 0 spiro atoms. The lowest BCUT2D eigenvalue weighted by atomic mass is 9.97. The van der Waals surface area contributed by atoms with E-state index >= 15 is 0 Å². The van der Waals surface area contributed by atoms with Crippen LogP contribution in [0.3, 0.4) is 0 Å². The van der Waals surface area contributed by atoms with Gasteiger partial charge in [0.25, 0.3) is 0 Å². The molecule has 1 atom stereocenters. The SMILES string of the molecule is COc1ccc(NC(=O)C2CCCN(Cc3nc(-c4ccccc4Cl)no3)C2)cc1S(=O)(=O)N1CCOCC1. The van der Waals surface area contributed by atoms with Gasteiger partial charge in [0.15, 0.2) is 0 Å². The summed E-state index contributed by atoms with van der Waals surface area (Å²) in [6.45, 7) is 2.90. The molecule has 2 aliphatic heterocycles. The molecular formula is C26H30ClN5O6S. The summed E-state index contributed by atoms with van der Waals surface area (Å²) >= 11 is 6.25. The molecule has 3 aromatic rings. The quantitative estimate of drug-likeness (QED) is 0.430. The van der Waals surface area contributed by atoms with Crippen molar-refractivity contribution < 1.29 is 27.2 Å². The Hall–Kier alpha value is -3.03. The van der Waals surface area contributed by atoms with Crippen molar-refractivity contribution in [2.45, 2.75) is 24.3 Å². The molecule has 3 heterocycles. The number of anilines is 1. The van der Waals surface area contributed by atoms with Crippen LogP contribution in [0.15, 0.2) is 51.9 Å². The third-order valence-electron chi connectivity index (χ3n) is 6.84. The normalized spacial score (nSPS) is 19.1. The number of halogens is 1. The Morgan fingerprint density at radius 2 is 1.97 bits per heavy atom. The molecule has 13 heteroatoms. The molecule has 0 radical (unpaired) electrons. The standard InChI is InChI=1S/C26H30ClN5O6S/c1-36-22-9-8-19(15-23(22)39(34,35)32-11-13-37-14-12-32)28-26(33)18-5-4-10-31(16-18)17-24-29-25(30-38-24)20-6-2-3-7-21(20)27/h2-3,6-9,15,18H,4-5,10-14,16-17H2,1H3,(H,28,33). The minimum atomic E-state index is -3.81. The molecule has 39 heavy (non-hydrogen) atoms. The van der Waals surface area contributed by atoms with Crippen molar-refractivity contribution in [3.8, 4) is 17.1 Å². The Balaban J connectivity index is 1.24. The molecule has 0 saturated carbocycles. The van der Waals surface area contributed by atoms with Crippen LogP contribution in [0.5, 0.6) is 5.75 Å². The fraction of sp³-hybridized carbons (Fsp3) is 0.423. The fourth-order valence-corrected chi connectivity index (χ4v) is 6.61. The number of rotatable bonds is 8. The van der Waals surface area contributed by atoms with Gasteiger partial charge in [-0.05, 0) is 49.7 Å². The molecule has 1 unspecified atom stereocenters. The van der Waals surface area contributed by atoms with E-state index in [-0.39, 0.29) is 35.6 Å². The van der Waals surface area contributed by atoms with Gasteiger partial charge < -0.3 is 19.3 Å². The van der Waals surface area contributed by atoms with Crippen LogP contribution >= 0.6 is 11.6 Å². The predicted octanol–water partition coefficient (Wildman–Crippen LogP) is 3.27. The maximum atomic E-state index is 13.3. The highest BCUT2D eigenvalue weighted by Crippen LogP contribution is 2.31. The van der Waals surface area contributed by atoms with E-state index in [1.165, 1.54) is 17.5 Å². The first-order valence-corrected chi connectivity index (χ1v) is 14.5. The molecule has 0 bridgehead atoms. The van der Waals surface area contributed by atoms with Gasteiger partial charge in [-0.15, -0.1) is 0 Å². The summed E-state index contributed by atoms with van der Waals surface area (Å²) in [5.74, 6) is 0.621. The number of morpholine rings is 1. The number of benzene rings is 2. The van der Waals surface area contributed by atoms with Crippen LogP contribution < -0.4 is 10.1 Å². The molecular weight excluding hydrogens is 546 g/mol. The first kappa shape index (κ1) is 27.5. The van der Waals surface area contributed by atoms with Crippen molar-refractivity contribution in [3.05, 3.63) is 53.4 Å². The van der Waals surface area contributed by atoms with Gasteiger partial charge in [0.2, 0.25) is 27.6 Å². The number of nitrogens with zero attached hydrogens (tertiary/aromatic N) is 4. The fourth-order valence-electron chi connectivity index (χ4n) is 4.80. The maximum Gasteiger partial charge on any atom is 0.246 e. The zero-order chi connectivity index (χ0) is 27.4. The number of nitrogens with one attached hydrogen (secondary N) is 1. The van der Waals surface area contributed by atoms with Gasteiger partial charge in [-0.25, -0.2) is 8.42 Å². The lowest BCUT2D eigenvalue weighted by Crippen LogP contribution is -2.41. The third-order valence-corrected chi connectivity index (χ3v) is 9.09. The second kappa shape index (κ2) is 12.0. The molecule has 11 nitrogen and oxygen atoms in total. The highest BCUT2D eigenvalue weighted by molar-refractivity contribution is 7.89. The van der Waals surface area contributed by atoms with Crippen LogP contribution in [0.25, 0.3) is 11.4 Å². The third kappa shape index (κ3) is 6.25. The number of hydrogen-bond donors (Lipinski definition) is 1. The Morgan fingerprint density at radius 1 is 1.18 bits per heavy atom. The summed E-state index contributed by atoms with van der Waals surface area (Å²) in [5.41, 5.74) is 1.09. The van der Waals surface area contributed by atoms with Crippen molar-refractivity contribution in [1.29, 1.82) is 0 Å². The van der Waals surface area contributed by atoms with E-state index in [2.05, 4.69) is 20.4 Å². The van der Waals surface area contributed by atoms with Crippen LogP contribution in [0.4, 0.5) is 5.69 Å². The van der Waals surface area contributed by atoms with Crippen LogP contribution in [0.1, 0.15) is 18.7 Å². The monoisotopic (exact) mass is 575 g/mol. The average Bonchev–Trinajstić information content (AvgIpc) is 3.42. The van der Waals surface area contributed by atoms with E-state index in [9.17, 15) is 13.2 Å². The van der Waals surface area contributed by atoms with Crippen molar-refractivity contribution in [2.24, 2.45) is 5.92 Å². The lowest BCUT2D eigenvalue weighted by Gasteiger charge is -2.31. The molecule has 2 fully saturated rings. The summed E-state index contributed by atoms with van der Waals surface area (Å²) in [6.07, 6.45) is 1.54. The highest BCUT2D eigenvalue weighted by atomic mass is 35.5. The summed E-state index contributed by atoms with van der Waals surface area (Å²) < 4.78 is 44.0. The topological polar surface area (TPSA) is 127 Å². The van der Waals surface area contributed by atoms with Crippen LogP contribution in [-0.2, 0) is 26.1 Å². The molecule has 1 aromatic heterocycles. The molecule has 208 valence electrons. The Morgan fingerprint density at radius 3 is 2.74 bits per heavy atom. The molecule has 1 N–H and O–H groups in total. The highest BCUT2D eigenvalue weighted by Gasteiger charge is 2.31. The van der Waals surface area contributed by atoms with E-state index < -0.39 is 10.0 Å². The smallest absolute Gasteiger partial charge is 0.246 e. The van der Waals surface area contributed by atoms with Gasteiger partial charge in [-0.2, -0.15) is 9.29 Å². The van der Waals surface area contributed by atoms with Crippen molar-refractivity contribution in [2.75, 3.05) is 51.8 Å². The van der Waals surface area contributed by atoms with Gasteiger partial charge >= 0.3 is 0 Å². The van der Waals surface area contributed by atoms with Gasteiger partial charge in [-0.1, -0.05) is 28.9 Å². The number of carbonyl (C=O) groups excluding carboxylic acids is 1. The summed E-state index contributed by atoms with van der Waals surface area (Å²) in [4.78, 5) is 19.8. The molecule has 1 amide bonds. The predicted molar refractivity (Wildman–Crippen MR) is 144 cm³/mol.